The third-order valence-corrected chi connectivity index (χ3v) is 5.71. The third-order valence-electron chi connectivity index (χ3n) is 5.71. The summed E-state index contributed by atoms with van der Waals surface area (Å²) in [6, 6.07) is 4.13. The van der Waals surface area contributed by atoms with E-state index in [0.717, 1.165) is 0 Å². The Morgan fingerprint density at radius 1 is 1.27 bits per heavy atom. The highest BCUT2D eigenvalue weighted by molar-refractivity contribution is 6.34. The molecule has 2 aromatic rings. The number of quaternary nitrogens is 1. The van der Waals surface area contributed by atoms with E-state index in [1.54, 1.807) is 19.9 Å². The van der Waals surface area contributed by atoms with Crippen molar-refractivity contribution < 1.29 is 18.6 Å². The van der Waals surface area contributed by atoms with Gasteiger partial charge in [-0.25, -0.2) is 4.39 Å². The van der Waals surface area contributed by atoms with Crippen molar-refractivity contribution in [1.82, 2.24) is 10.3 Å². The highest BCUT2D eigenvalue weighted by atomic mass is 19.1. The number of benzene rings is 1. The number of hydrogen-bond donors (Lipinski definition) is 3. The van der Waals surface area contributed by atoms with Crippen molar-refractivity contribution in [3.05, 3.63) is 57.3 Å². The molecule has 8 heteroatoms. The molecule has 1 aromatic carbocycles. The molecule has 1 aliphatic rings. The number of halogens is 1. The molecule has 0 atom stereocenters. The zero-order valence-corrected chi connectivity index (χ0v) is 17.7. The number of H-pyrrole nitrogens is 1. The molecule has 7 nitrogen and oxygen atoms in total. The number of nitrogens with one attached hydrogen (secondary N) is 3. The second-order valence-corrected chi connectivity index (χ2v) is 7.54. The van der Waals surface area contributed by atoms with Crippen LogP contribution < -0.4 is 10.6 Å². The number of hydrogen-bond acceptors (Lipinski definition) is 3. The zero-order valence-electron chi connectivity index (χ0n) is 17.7. The Bertz CT molecular complexity index is 1020. The van der Waals surface area contributed by atoms with Gasteiger partial charge in [0.2, 0.25) is 0 Å². The average molecular weight is 414 g/mol. The van der Waals surface area contributed by atoms with Crippen LogP contribution in [0.4, 0.5) is 10.1 Å². The molecule has 0 radical (unpaired) electrons. The summed E-state index contributed by atoms with van der Waals surface area (Å²) in [5.74, 6) is -1.02. The number of hydroxylamine groups is 3. The molecule has 1 aliphatic heterocycles. The number of likely N-dealkylation sites (N-methyl/N-ethyl adjacent to an activating group) is 1. The van der Waals surface area contributed by atoms with Crippen LogP contribution in [0.1, 0.15) is 46.7 Å². The third kappa shape index (κ3) is 4.15. The van der Waals surface area contributed by atoms with Gasteiger partial charge < -0.3 is 25.5 Å². The molecule has 0 bridgehead atoms. The molecular formula is C22H27FN4O3. The molecule has 0 aliphatic carbocycles. The molecule has 2 heterocycles. The average Bonchev–Trinajstić information content (AvgIpc) is 3.17. The van der Waals surface area contributed by atoms with Gasteiger partial charge >= 0.3 is 0 Å². The Kier molecular flexibility index (Phi) is 6.09. The van der Waals surface area contributed by atoms with Gasteiger partial charge in [0.25, 0.3) is 11.8 Å². The summed E-state index contributed by atoms with van der Waals surface area (Å²) >= 11 is 0. The first-order chi connectivity index (χ1) is 14.2. The maximum absolute atomic E-state index is 13.7. The van der Waals surface area contributed by atoms with Crippen molar-refractivity contribution in [2.45, 2.75) is 27.7 Å². The number of amides is 2. The van der Waals surface area contributed by atoms with Crippen LogP contribution in [0.3, 0.4) is 0 Å². The number of aryl methyl sites for hydroxylation is 1. The maximum atomic E-state index is 13.7. The fraction of sp³-hybridized carbons (Fsp3) is 0.364. The lowest BCUT2D eigenvalue weighted by atomic mass is 10.0. The number of aromatic amines is 1. The van der Waals surface area contributed by atoms with Crippen LogP contribution >= 0.6 is 0 Å². The van der Waals surface area contributed by atoms with Crippen LogP contribution in [-0.2, 0) is 4.79 Å². The molecule has 3 N–H and O–H groups in total. The minimum absolute atomic E-state index is 0.271. The summed E-state index contributed by atoms with van der Waals surface area (Å²) in [5, 5.41) is 17.9. The van der Waals surface area contributed by atoms with Gasteiger partial charge in [-0.2, -0.15) is 0 Å². The molecule has 30 heavy (non-hydrogen) atoms. The molecular weight excluding hydrogens is 387 g/mol. The Labute approximate surface area is 175 Å². The minimum atomic E-state index is -0.428. The van der Waals surface area contributed by atoms with E-state index in [1.807, 2.05) is 13.8 Å². The Hall–Kier alpha value is -2.97. The minimum Gasteiger partial charge on any atom is -0.633 e. The lowest BCUT2D eigenvalue weighted by Crippen LogP contribution is -2.46. The molecule has 160 valence electrons. The number of anilines is 1. The maximum Gasteiger partial charge on any atom is 0.256 e. The summed E-state index contributed by atoms with van der Waals surface area (Å²) < 4.78 is 13.3. The van der Waals surface area contributed by atoms with Crippen LogP contribution in [0.5, 0.6) is 0 Å². The largest absolute Gasteiger partial charge is 0.633 e. The Morgan fingerprint density at radius 3 is 2.63 bits per heavy atom. The van der Waals surface area contributed by atoms with Crippen LogP contribution in [0.15, 0.2) is 18.2 Å². The predicted molar refractivity (Wildman–Crippen MR) is 115 cm³/mol. The molecule has 2 amide bonds. The van der Waals surface area contributed by atoms with E-state index in [4.69, 9.17) is 0 Å². The highest BCUT2D eigenvalue weighted by Crippen LogP contribution is 2.34. The van der Waals surface area contributed by atoms with E-state index in [-0.39, 0.29) is 23.0 Å². The molecule has 0 saturated heterocycles. The second-order valence-electron chi connectivity index (χ2n) is 7.54. The van der Waals surface area contributed by atoms with Gasteiger partial charge in [0.1, 0.15) is 5.82 Å². The first-order valence-corrected chi connectivity index (χ1v) is 10.1. The predicted octanol–water partition coefficient (Wildman–Crippen LogP) is 3.35. The number of carbonyl (C=O) groups is 2. The quantitative estimate of drug-likeness (QED) is 0.368. The van der Waals surface area contributed by atoms with E-state index >= 15 is 0 Å². The SMILES string of the molecule is CC[N+]([O-])(CC)CCNC(=O)c1c(C)[nH]c(/C=C2/C(=O)Nc3ccc(F)cc32)c1C. The summed E-state index contributed by atoms with van der Waals surface area (Å²) in [4.78, 5) is 28.2. The number of rotatable bonds is 7. The Balaban J connectivity index is 1.83. The lowest BCUT2D eigenvalue weighted by Gasteiger charge is -2.41. The molecule has 0 spiro atoms. The highest BCUT2D eigenvalue weighted by Gasteiger charge is 2.26. The number of nitrogens with zero attached hydrogens (tertiary/aromatic N) is 1. The molecule has 0 unspecified atom stereocenters. The summed E-state index contributed by atoms with van der Waals surface area (Å²) in [6.07, 6.45) is 1.63. The normalized spacial score (nSPS) is 14.7. The van der Waals surface area contributed by atoms with Crippen molar-refractivity contribution in [2.24, 2.45) is 0 Å². The van der Waals surface area contributed by atoms with Crippen LogP contribution in [0.25, 0.3) is 11.6 Å². The fourth-order valence-corrected chi connectivity index (χ4v) is 3.71. The molecule has 3 rings (SSSR count). The summed E-state index contributed by atoms with van der Waals surface area (Å²) in [7, 11) is 0. The standard InChI is InChI=1S/C22H27FN4O3/c1-5-27(30,6-2)10-9-24-22(29)20-13(3)19(25-14(20)4)12-17-16-11-15(23)7-8-18(16)26-21(17)28/h7-8,11-12,25H,5-6,9-10H2,1-4H3,(H,24,29)(H,26,28)/b17-12+. The van der Waals surface area contributed by atoms with E-state index < -0.39 is 5.82 Å². The fourth-order valence-electron chi connectivity index (χ4n) is 3.71. The van der Waals surface area contributed by atoms with Gasteiger partial charge in [-0.1, -0.05) is 0 Å². The lowest BCUT2D eigenvalue weighted by molar-refractivity contribution is -0.875. The van der Waals surface area contributed by atoms with Gasteiger partial charge in [-0.15, -0.1) is 0 Å². The van der Waals surface area contributed by atoms with Crippen molar-refractivity contribution in [1.29, 1.82) is 0 Å². The van der Waals surface area contributed by atoms with Gasteiger partial charge in [0.05, 0.1) is 37.3 Å². The van der Waals surface area contributed by atoms with Gasteiger partial charge in [0, 0.05) is 22.6 Å². The van der Waals surface area contributed by atoms with Crippen LogP contribution in [0, 0.1) is 24.9 Å². The van der Waals surface area contributed by atoms with Crippen molar-refractivity contribution in [2.75, 3.05) is 31.5 Å². The van der Waals surface area contributed by atoms with E-state index in [2.05, 4.69) is 15.6 Å². The van der Waals surface area contributed by atoms with Gasteiger partial charge in [0.15, 0.2) is 0 Å². The van der Waals surface area contributed by atoms with Gasteiger partial charge in [-0.3, -0.25) is 9.59 Å². The molecule has 0 saturated carbocycles. The monoisotopic (exact) mass is 414 g/mol. The topological polar surface area (TPSA) is 97.0 Å². The van der Waals surface area contributed by atoms with Crippen LogP contribution in [-0.4, -0.2) is 47.6 Å². The number of aromatic nitrogens is 1. The smallest absolute Gasteiger partial charge is 0.256 e. The Morgan fingerprint density at radius 2 is 1.97 bits per heavy atom. The summed E-state index contributed by atoms with van der Waals surface area (Å²) in [5.41, 5.74) is 3.80. The van der Waals surface area contributed by atoms with Crippen molar-refractivity contribution in [3.8, 4) is 0 Å². The molecule has 0 fully saturated rings. The summed E-state index contributed by atoms with van der Waals surface area (Å²) in [6.45, 7) is 8.73. The van der Waals surface area contributed by atoms with Gasteiger partial charge in [-0.05, 0) is 57.5 Å². The number of fused-ring (bicyclic) bond motifs is 1. The van der Waals surface area contributed by atoms with E-state index in [9.17, 15) is 19.2 Å². The number of carbonyl (C=O) groups excluding carboxylic acids is 2. The van der Waals surface area contributed by atoms with Crippen molar-refractivity contribution in [3.63, 3.8) is 0 Å². The first-order valence-electron chi connectivity index (χ1n) is 10.1. The van der Waals surface area contributed by atoms with E-state index in [1.165, 1.54) is 18.2 Å². The van der Waals surface area contributed by atoms with Crippen LogP contribution in [0.2, 0.25) is 0 Å². The first kappa shape index (κ1) is 21.7. The van der Waals surface area contributed by atoms with E-state index in [0.29, 0.717) is 59.0 Å². The molecule has 1 aromatic heterocycles. The second kappa shape index (κ2) is 8.41. The zero-order chi connectivity index (χ0) is 22.1. The van der Waals surface area contributed by atoms with Crippen molar-refractivity contribution >= 4 is 29.2 Å².